The van der Waals surface area contributed by atoms with Crippen molar-refractivity contribution in [1.82, 2.24) is 14.7 Å². The van der Waals surface area contributed by atoms with E-state index in [-0.39, 0.29) is 5.54 Å². The molecular weight excluding hydrogens is 710 g/mol. The summed E-state index contributed by atoms with van der Waals surface area (Å²) in [6, 6.07) is 22.2. The summed E-state index contributed by atoms with van der Waals surface area (Å²) in [6.45, 7) is 7.42. The molecule has 0 saturated carbocycles. The molecular formula is C29H31Br4N3. The molecule has 0 spiro atoms. The minimum atomic E-state index is 0.145. The lowest BCUT2D eigenvalue weighted by molar-refractivity contribution is 0.0141. The van der Waals surface area contributed by atoms with Crippen LogP contribution in [0, 0.1) is 0 Å². The van der Waals surface area contributed by atoms with Gasteiger partial charge in [0.25, 0.3) is 0 Å². The van der Waals surface area contributed by atoms with E-state index in [4.69, 9.17) is 0 Å². The molecule has 1 fully saturated rings. The zero-order valence-corrected chi connectivity index (χ0v) is 26.8. The molecule has 1 saturated heterocycles. The lowest BCUT2D eigenvalue weighted by Gasteiger charge is -2.47. The zero-order chi connectivity index (χ0) is 25.3. The zero-order valence-electron chi connectivity index (χ0n) is 20.5. The number of nitrogens with zero attached hydrogens (tertiary/aromatic N) is 3. The molecule has 0 bridgehead atoms. The molecule has 0 N–H and O–H groups in total. The fourth-order valence-electron chi connectivity index (χ4n) is 6.02. The Bertz CT molecular complexity index is 1160. The lowest BCUT2D eigenvalue weighted by Crippen LogP contribution is -2.61. The fourth-order valence-corrected chi connectivity index (χ4v) is 8.80. The summed E-state index contributed by atoms with van der Waals surface area (Å²) in [5.41, 5.74) is 5.88. The highest BCUT2D eigenvalue weighted by Gasteiger charge is 2.43. The SMILES string of the molecule is CN(Cc1cc(Br)cc(Br)c1)CC1(N2CCN(Cc3cc(Br)cc(Br)c3)CC2)Cc2ccccc2C1. The first-order valence-electron chi connectivity index (χ1n) is 12.4. The van der Waals surface area contributed by atoms with E-state index in [1.54, 1.807) is 0 Å². The van der Waals surface area contributed by atoms with Crippen LogP contribution in [0.2, 0.25) is 0 Å². The van der Waals surface area contributed by atoms with Crippen LogP contribution in [0.25, 0.3) is 0 Å². The molecule has 190 valence electrons. The topological polar surface area (TPSA) is 9.72 Å². The maximum absolute atomic E-state index is 3.65. The minimum absolute atomic E-state index is 0.145. The summed E-state index contributed by atoms with van der Waals surface area (Å²) in [5, 5.41) is 0. The van der Waals surface area contributed by atoms with Gasteiger partial charge in [-0.3, -0.25) is 9.80 Å². The van der Waals surface area contributed by atoms with Crippen LogP contribution in [-0.4, -0.2) is 60.0 Å². The maximum atomic E-state index is 3.65. The van der Waals surface area contributed by atoms with Gasteiger partial charge in [-0.1, -0.05) is 88.0 Å². The van der Waals surface area contributed by atoms with Gasteiger partial charge in [-0.2, -0.15) is 0 Å². The molecule has 1 heterocycles. The van der Waals surface area contributed by atoms with Crippen LogP contribution in [0.3, 0.4) is 0 Å². The maximum Gasteiger partial charge on any atom is 0.0418 e. The third-order valence-corrected chi connectivity index (χ3v) is 9.30. The van der Waals surface area contributed by atoms with Gasteiger partial charge in [0.1, 0.15) is 0 Å². The Hall–Kier alpha value is -0.540. The summed E-state index contributed by atoms with van der Waals surface area (Å²) < 4.78 is 4.51. The van der Waals surface area contributed by atoms with Gasteiger partial charge in [0.15, 0.2) is 0 Å². The van der Waals surface area contributed by atoms with Gasteiger partial charge in [-0.25, -0.2) is 0 Å². The molecule has 0 radical (unpaired) electrons. The van der Waals surface area contributed by atoms with E-state index in [0.29, 0.717) is 0 Å². The monoisotopic (exact) mass is 737 g/mol. The van der Waals surface area contributed by atoms with Crippen molar-refractivity contribution in [2.75, 3.05) is 39.8 Å². The highest BCUT2D eigenvalue weighted by atomic mass is 79.9. The summed E-state index contributed by atoms with van der Waals surface area (Å²) in [7, 11) is 2.28. The molecule has 5 rings (SSSR count). The Morgan fingerprint density at radius 1 is 0.722 bits per heavy atom. The number of hydrogen-bond acceptors (Lipinski definition) is 3. The molecule has 2 aliphatic rings. The van der Waals surface area contributed by atoms with Crippen molar-refractivity contribution in [2.24, 2.45) is 0 Å². The number of rotatable bonds is 7. The van der Waals surface area contributed by atoms with E-state index < -0.39 is 0 Å². The van der Waals surface area contributed by atoms with Crippen LogP contribution in [0.1, 0.15) is 22.3 Å². The minimum Gasteiger partial charge on any atom is -0.300 e. The van der Waals surface area contributed by atoms with Crippen LogP contribution >= 0.6 is 63.7 Å². The van der Waals surface area contributed by atoms with E-state index in [1.807, 2.05) is 0 Å². The Balaban J connectivity index is 1.29. The number of piperazine rings is 1. The second-order valence-electron chi connectivity index (χ2n) is 10.3. The van der Waals surface area contributed by atoms with Gasteiger partial charge in [0.2, 0.25) is 0 Å². The Morgan fingerprint density at radius 3 is 1.75 bits per heavy atom. The molecule has 3 aromatic carbocycles. The highest BCUT2D eigenvalue weighted by molar-refractivity contribution is 9.11. The number of likely N-dealkylation sites (N-methyl/N-ethyl adjacent to an activating group) is 1. The Kier molecular flexibility index (Phi) is 8.78. The second-order valence-corrected chi connectivity index (χ2v) is 14.0. The van der Waals surface area contributed by atoms with Crippen LogP contribution < -0.4 is 0 Å². The van der Waals surface area contributed by atoms with Crippen molar-refractivity contribution >= 4 is 63.7 Å². The summed E-state index contributed by atoms with van der Waals surface area (Å²) in [5.74, 6) is 0. The first kappa shape index (κ1) is 27.0. The van der Waals surface area contributed by atoms with Gasteiger partial charge in [0.05, 0.1) is 0 Å². The molecule has 0 unspecified atom stereocenters. The molecule has 3 nitrogen and oxygen atoms in total. The van der Waals surface area contributed by atoms with Crippen molar-refractivity contribution in [1.29, 1.82) is 0 Å². The van der Waals surface area contributed by atoms with Crippen molar-refractivity contribution < 1.29 is 0 Å². The third kappa shape index (κ3) is 6.53. The molecule has 7 heteroatoms. The second kappa shape index (κ2) is 11.7. The van der Waals surface area contributed by atoms with Crippen molar-refractivity contribution in [3.8, 4) is 0 Å². The fraction of sp³-hybridized carbons (Fsp3) is 0.379. The van der Waals surface area contributed by atoms with Crippen molar-refractivity contribution in [3.05, 3.63) is 101 Å². The number of halogens is 4. The number of benzene rings is 3. The van der Waals surface area contributed by atoms with Crippen molar-refractivity contribution in [3.63, 3.8) is 0 Å². The van der Waals surface area contributed by atoms with Gasteiger partial charge in [-0.15, -0.1) is 0 Å². The molecule has 1 aliphatic heterocycles. The normalized spacial score (nSPS) is 18.1. The van der Waals surface area contributed by atoms with Crippen LogP contribution in [0.5, 0.6) is 0 Å². The van der Waals surface area contributed by atoms with Crippen LogP contribution in [0.15, 0.2) is 78.6 Å². The first-order valence-corrected chi connectivity index (χ1v) is 15.6. The summed E-state index contributed by atoms with van der Waals surface area (Å²) in [4.78, 5) is 7.92. The first-order chi connectivity index (χ1) is 17.3. The Morgan fingerprint density at radius 2 is 1.22 bits per heavy atom. The number of hydrogen-bond donors (Lipinski definition) is 0. The summed E-state index contributed by atoms with van der Waals surface area (Å²) >= 11 is 14.6. The molecule has 0 amide bonds. The Labute approximate surface area is 248 Å². The average molecular weight is 741 g/mol. The summed E-state index contributed by atoms with van der Waals surface area (Å²) in [6.07, 6.45) is 2.27. The quantitative estimate of drug-likeness (QED) is 0.248. The van der Waals surface area contributed by atoms with E-state index in [2.05, 4.69) is 146 Å². The van der Waals surface area contributed by atoms with E-state index in [1.165, 1.54) is 22.3 Å². The third-order valence-electron chi connectivity index (χ3n) is 7.47. The number of fused-ring (bicyclic) bond motifs is 1. The predicted molar refractivity (Wildman–Crippen MR) is 163 cm³/mol. The van der Waals surface area contributed by atoms with E-state index in [9.17, 15) is 0 Å². The van der Waals surface area contributed by atoms with Crippen LogP contribution in [-0.2, 0) is 25.9 Å². The van der Waals surface area contributed by atoms with E-state index >= 15 is 0 Å². The molecule has 1 aliphatic carbocycles. The molecule has 0 aromatic heterocycles. The highest BCUT2D eigenvalue weighted by Crippen LogP contribution is 2.36. The lowest BCUT2D eigenvalue weighted by atomic mass is 9.91. The molecule has 3 aromatic rings. The van der Waals surface area contributed by atoms with Crippen LogP contribution in [0.4, 0.5) is 0 Å². The van der Waals surface area contributed by atoms with Gasteiger partial charge in [0, 0.05) is 69.2 Å². The van der Waals surface area contributed by atoms with Crippen molar-refractivity contribution in [2.45, 2.75) is 31.5 Å². The van der Waals surface area contributed by atoms with Gasteiger partial charge < -0.3 is 4.90 Å². The molecule has 36 heavy (non-hydrogen) atoms. The van der Waals surface area contributed by atoms with Gasteiger partial charge >= 0.3 is 0 Å². The largest absolute Gasteiger partial charge is 0.300 e. The van der Waals surface area contributed by atoms with E-state index in [0.717, 1.165) is 76.5 Å². The molecule has 0 atom stereocenters. The average Bonchev–Trinajstić information content (AvgIpc) is 3.17. The standard InChI is InChI=1S/C29H31Br4N3/c1-34(18-21-10-25(30)14-26(31)11-21)20-29(16-23-4-2-3-5-24(23)17-29)36-8-6-35(7-9-36)19-22-12-27(32)15-28(33)13-22/h2-5,10-15H,6-9,16-20H2,1H3. The van der Waals surface area contributed by atoms with Gasteiger partial charge in [-0.05, 0) is 78.5 Å². The predicted octanol–water partition coefficient (Wildman–Crippen LogP) is 7.52. The smallest absolute Gasteiger partial charge is 0.0418 e.